The molecule has 0 fully saturated rings. The lowest BCUT2D eigenvalue weighted by molar-refractivity contribution is -0.122. The second-order valence-corrected chi connectivity index (χ2v) is 7.60. The summed E-state index contributed by atoms with van der Waals surface area (Å²) in [6.45, 7) is 0.468. The smallest absolute Gasteiger partial charge is 0.497 e. The summed E-state index contributed by atoms with van der Waals surface area (Å²) >= 11 is 0. The third-order valence-corrected chi connectivity index (χ3v) is 4.88. The monoisotopic (exact) mass is 571 g/mol. The number of halogens is 2. The molecule has 0 heterocycles. The second kappa shape index (κ2) is 18.6. The van der Waals surface area contributed by atoms with Crippen LogP contribution in [-0.4, -0.2) is 58.0 Å². The Morgan fingerprint density at radius 3 is 2.21 bits per heavy atom. The van der Waals surface area contributed by atoms with Crippen molar-refractivity contribution in [1.29, 1.82) is 5.40 Å². The van der Waals surface area contributed by atoms with Crippen LogP contribution in [0.4, 0.5) is 4.79 Å². The molecule has 2 aromatic carbocycles. The number of carbonyl (C=O) groups excluding carboxylic acids is 2. The van der Waals surface area contributed by atoms with E-state index in [0.717, 1.165) is 11.1 Å². The molecule has 0 aliphatic rings. The number of carbonyl (C=O) groups is 2. The van der Waals surface area contributed by atoms with Gasteiger partial charge in [0.05, 0.1) is 26.8 Å². The maximum Gasteiger partial charge on any atom is 0.513 e. The van der Waals surface area contributed by atoms with Crippen molar-refractivity contribution in [3.8, 4) is 17.2 Å². The van der Waals surface area contributed by atoms with E-state index in [-0.39, 0.29) is 49.8 Å². The Kier molecular flexibility index (Phi) is 15.8. The van der Waals surface area contributed by atoms with Crippen molar-refractivity contribution in [3.63, 3.8) is 0 Å². The number of hydrogen-bond donors (Lipinski definition) is 5. The highest BCUT2D eigenvalue weighted by molar-refractivity contribution is 5.85. The molecule has 11 nitrogen and oxygen atoms in total. The maximum absolute atomic E-state index is 12.0. The highest BCUT2D eigenvalue weighted by Crippen LogP contribution is 2.24. The molecule has 0 spiro atoms. The van der Waals surface area contributed by atoms with Crippen molar-refractivity contribution in [3.05, 3.63) is 53.6 Å². The van der Waals surface area contributed by atoms with Crippen molar-refractivity contribution in [2.45, 2.75) is 18.9 Å². The first-order valence-corrected chi connectivity index (χ1v) is 11.2. The summed E-state index contributed by atoms with van der Waals surface area (Å²) in [7, 11) is 3.19. The normalized spacial score (nSPS) is 11.8. The van der Waals surface area contributed by atoms with Gasteiger partial charge in [0.1, 0.15) is 23.9 Å². The van der Waals surface area contributed by atoms with Crippen LogP contribution in [0.5, 0.6) is 17.2 Å². The minimum atomic E-state index is -0.884. The molecule has 0 aliphatic heterocycles. The molecule has 0 aromatic heterocycles. The number of benzene rings is 2. The Morgan fingerprint density at radius 2 is 1.61 bits per heavy atom. The highest BCUT2D eigenvalue weighted by atomic mass is 35.5. The molecule has 13 heteroatoms. The number of nitrogens with one attached hydrogen (secondary N) is 3. The molecule has 0 bridgehead atoms. The maximum atomic E-state index is 12.0. The van der Waals surface area contributed by atoms with Crippen LogP contribution in [0.25, 0.3) is 12.2 Å². The number of methoxy groups -OCH3 is 2. The van der Waals surface area contributed by atoms with Gasteiger partial charge < -0.3 is 41.0 Å². The zero-order valence-corrected chi connectivity index (χ0v) is 22.8. The first-order chi connectivity index (χ1) is 17.8. The van der Waals surface area contributed by atoms with Crippen molar-refractivity contribution in [2.24, 2.45) is 11.5 Å². The van der Waals surface area contributed by atoms with Crippen LogP contribution in [0.15, 0.2) is 42.5 Å². The van der Waals surface area contributed by atoms with Gasteiger partial charge in [-0.25, -0.2) is 4.79 Å². The fraction of sp³-hybridized carbons (Fsp3) is 0.320. The molecule has 2 aromatic rings. The molecule has 0 saturated carbocycles. The number of ether oxygens (including phenoxy) is 4. The minimum Gasteiger partial charge on any atom is -0.497 e. The summed E-state index contributed by atoms with van der Waals surface area (Å²) < 4.78 is 27.4. The Labute approximate surface area is 236 Å². The minimum absolute atomic E-state index is 0. The number of hydrogen-bond acceptors (Lipinski definition) is 8. The van der Waals surface area contributed by atoms with E-state index in [4.69, 9.17) is 31.8 Å². The van der Waals surface area contributed by atoms with Crippen molar-refractivity contribution < 1.29 is 29.9 Å². The van der Waals surface area contributed by atoms with E-state index >= 15 is 0 Å². The lowest BCUT2D eigenvalue weighted by Gasteiger charge is -2.12. The Bertz CT molecular complexity index is 1070. The van der Waals surface area contributed by atoms with Gasteiger partial charge in [-0.05, 0) is 48.2 Å². The summed E-state index contributed by atoms with van der Waals surface area (Å²) in [5.74, 6) is 1.34. The van der Waals surface area contributed by atoms with E-state index in [2.05, 4.69) is 16.0 Å². The van der Waals surface area contributed by atoms with Gasteiger partial charge >= 0.3 is 6.16 Å². The topological polar surface area (TPSA) is 171 Å². The van der Waals surface area contributed by atoms with Crippen LogP contribution in [0, 0.1) is 5.40 Å². The van der Waals surface area contributed by atoms with Crippen LogP contribution in [0.1, 0.15) is 24.0 Å². The van der Waals surface area contributed by atoms with Crippen LogP contribution in [-0.2, 0) is 9.53 Å². The summed E-state index contributed by atoms with van der Waals surface area (Å²) in [6, 6.07) is 11.7. The molecule has 38 heavy (non-hydrogen) atoms. The zero-order chi connectivity index (χ0) is 27.0. The Balaban J connectivity index is 0.00000722. The van der Waals surface area contributed by atoms with Crippen molar-refractivity contribution in [1.82, 2.24) is 10.6 Å². The molecule has 1 unspecified atom stereocenters. The third-order valence-electron chi connectivity index (χ3n) is 4.88. The molecular weight excluding hydrogens is 537 g/mol. The molecule has 1 amide bonds. The van der Waals surface area contributed by atoms with Crippen molar-refractivity contribution in [2.75, 3.05) is 33.9 Å². The van der Waals surface area contributed by atoms with Gasteiger partial charge in [0, 0.05) is 12.6 Å². The summed E-state index contributed by atoms with van der Waals surface area (Å²) in [4.78, 5) is 23.9. The van der Waals surface area contributed by atoms with Crippen molar-refractivity contribution >= 4 is 55.0 Å². The first kappa shape index (κ1) is 32.4. The van der Waals surface area contributed by atoms with Crippen LogP contribution in [0.3, 0.4) is 0 Å². The predicted molar refractivity (Wildman–Crippen MR) is 152 cm³/mol. The molecule has 210 valence electrons. The van der Waals surface area contributed by atoms with Gasteiger partial charge in [0.2, 0.25) is 5.91 Å². The molecular formula is C25H35Cl2N5O6. The quantitative estimate of drug-likeness (QED) is 0.0605. The van der Waals surface area contributed by atoms with Gasteiger partial charge in [-0.2, -0.15) is 0 Å². The molecule has 0 aliphatic carbocycles. The SMILES string of the molecule is Cl.Cl.[H]/N=C(\N)NCCCC(N)C(=O)NCCOC(=O)Oc1ccc(C=Cc2cc(OC)cc(OC)c2)cc1. The molecule has 0 radical (unpaired) electrons. The van der Waals surface area contributed by atoms with Gasteiger partial charge in [-0.15, -0.1) is 24.8 Å². The van der Waals surface area contributed by atoms with E-state index in [9.17, 15) is 9.59 Å². The molecule has 2 rings (SSSR count). The summed E-state index contributed by atoms with van der Waals surface area (Å²) in [6.07, 6.45) is 3.91. The Morgan fingerprint density at radius 1 is 0.974 bits per heavy atom. The second-order valence-electron chi connectivity index (χ2n) is 7.60. The van der Waals surface area contributed by atoms with Crippen LogP contribution < -0.4 is 36.3 Å². The van der Waals surface area contributed by atoms with Gasteiger partial charge in [0.25, 0.3) is 0 Å². The molecule has 0 saturated heterocycles. The number of amides is 1. The fourth-order valence-corrected chi connectivity index (χ4v) is 3.00. The van der Waals surface area contributed by atoms with Crippen LogP contribution >= 0.6 is 24.8 Å². The van der Waals surface area contributed by atoms with E-state index in [1.165, 1.54) is 0 Å². The lowest BCUT2D eigenvalue weighted by atomic mass is 10.1. The van der Waals surface area contributed by atoms with E-state index in [1.807, 2.05) is 24.3 Å². The van der Waals surface area contributed by atoms with Gasteiger partial charge in [-0.1, -0.05) is 24.3 Å². The molecule has 7 N–H and O–H groups in total. The number of rotatable bonds is 13. The summed E-state index contributed by atoms with van der Waals surface area (Å²) in [5.41, 5.74) is 13.0. The predicted octanol–water partition coefficient (Wildman–Crippen LogP) is 2.94. The third kappa shape index (κ3) is 13.0. The van der Waals surface area contributed by atoms with E-state index in [1.54, 1.807) is 44.6 Å². The average molecular weight is 572 g/mol. The standard InChI is InChI=1S/C25H33N5O6.2ClH/c1-33-20-14-18(15-21(16-20)34-2)6-5-17-7-9-19(10-8-17)36-25(32)35-13-12-29-23(31)22(26)4-3-11-30-24(27)28;;/h5-10,14-16,22H,3-4,11-13,26H2,1-2H3,(H,29,31)(H4,27,28,30);2*1H. The summed E-state index contributed by atoms with van der Waals surface area (Å²) in [5, 5.41) is 8.32. The van der Waals surface area contributed by atoms with Gasteiger partial charge in [-0.3, -0.25) is 10.2 Å². The highest BCUT2D eigenvalue weighted by Gasteiger charge is 2.13. The largest absolute Gasteiger partial charge is 0.513 e. The Hall–Kier alpha value is -3.67. The average Bonchev–Trinajstić information content (AvgIpc) is 2.92. The van der Waals surface area contributed by atoms with E-state index in [0.29, 0.717) is 36.6 Å². The lowest BCUT2D eigenvalue weighted by Crippen LogP contribution is -2.42. The van der Waals surface area contributed by atoms with E-state index < -0.39 is 12.2 Å². The zero-order valence-electron chi connectivity index (χ0n) is 22.2. The van der Waals surface area contributed by atoms with Gasteiger partial charge in [0.15, 0.2) is 7.37 Å². The number of guanidine groups is 1. The van der Waals surface area contributed by atoms with Crippen LogP contribution in [0.2, 0.25) is 1.41 Å². The number of nitrogens with two attached hydrogens (primary N) is 2. The fourth-order valence-electron chi connectivity index (χ4n) is 3.00. The first-order valence-electron chi connectivity index (χ1n) is 11.7. The molecule has 1 atom stereocenters.